The molecular formula is C13H22N2. The van der Waals surface area contributed by atoms with Crippen LogP contribution < -0.4 is 5.32 Å². The Morgan fingerprint density at radius 3 is 2.20 bits per heavy atom. The lowest BCUT2D eigenvalue weighted by molar-refractivity contribution is 0.383. The topological polar surface area (TPSA) is 35.8 Å². The van der Waals surface area contributed by atoms with Gasteiger partial charge in [-0.05, 0) is 42.9 Å². The molecule has 0 aromatic heterocycles. The van der Waals surface area contributed by atoms with Crippen LogP contribution in [-0.2, 0) is 0 Å². The molecule has 15 heavy (non-hydrogen) atoms. The van der Waals surface area contributed by atoms with Crippen LogP contribution in [0.2, 0.25) is 0 Å². The summed E-state index contributed by atoms with van der Waals surface area (Å²) in [6.07, 6.45) is 8.79. The highest BCUT2D eigenvalue weighted by atomic mass is 14.9. The highest BCUT2D eigenvalue weighted by Gasteiger charge is 2.44. The molecule has 0 atom stereocenters. The summed E-state index contributed by atoms with van der Waals surface area (Å²) in [5, 5.41) is 12.3. The van der Waals surface area contributed by atoms with Gasteiger partial charge in [-0.3, -0.25) is 0 Å². The molecule has 2 aliphatic carbocycles. The molecule has 0 aromatic rings. The monoisotopic (exact) mass is 206 g/mol. The van der Waals surface area contributed by atoms with E-state index in [2.05, 4.69) is 18.3 Å². The molecule has 0 unspecified atom stereocenters. The summed E-state index contributed by atoms with van der Waals surface area (Å²) in [6.45, 7) is 4.54. The molecule has 2 nitrogen and oxygen atoms in total. The van der Waals surface area contributed by atoms with Gasteiger partial charge in [0.2, 0.25) is 0 Å². The maximum Gasteiger partial charge on any atom is 0.0628 e. The zero-order valence-electron chi connectivity index (χ0n) is 9.81. The van der Waals surface area contributed by atoms with E-state index in [1.807, 2.05) is 0 Å². The van der Waals surface area contributed by atoms with Gasteiger partial charge in [0, 0.05) is 19.5 Å². The van der Waals surface area contributed by atoms with Crippen molar-refractivity contribution in [2.24, 2.45) is 10.8 Å². The van der Waals surface area contributed by atoms with Crippen LogP contribution in [0.15, 0.2) is 0 Å². The van der Waals surface area contributed by atoms with Crippen LogP contribution >= 0.6 is 0 Å². The summed E-state index contributed by atoms with van der Waals surface area (Å²) >= 11 is 0. The van der Waals surface area contributed by atoms with Crippen LogP contribution in [0.25, 0.3) is 0 Å². The lowest BCUT2D eigenvalue weighted by atomic mass is 9.99. The predicted octanol–water partition coefficient (Wildman–Crippen LogP) is 2.85. The Labute approximate surface area is 93.0 Å². The third kappa shape index (κ3) is 2.72. The van der Waals surface area contributed by atoms with Crippen molar-refractivity contribution in [2.75, 3.05) is 13.1 Å². The standard InChI is InChI=1S/C13H22N2/c1-2-3-12(4-5-12)10-15-11-13(6-7-13)8-9-14/h15H,2-8,10-11H2,1H3. The molecule has 0 saturated heterocycles. The third-order valence-electron chi connectivity index (χ3n) is 4.15. The van der Waals surface area contributed by atoms with Crippen molar-refractivity contribution in [1.29, 1.82) is 5.26 Å². The SMILES string of the molecule is CCCC1(CNCC2(CC#N)CC2)CC1. The molecule has 2 rings (SSSR count). The summed E-state index contributed by atoms with van der Waals surface area (Å²) in [5.74, 6) is 0. The number of hydrogen-bond donors (Lipinski definition) is 1. The first-order chi connectivity index (χ1) is 7.24. The highest BCUT2D eigenvalue weighted by molar-refractivity contribution is 5.02. The fourth-order valence-corrected chi connectivity index (χ4v) is 2.58. The molecule has 2 aliphatic rings. The number of nitrogens with one attached hydrogen (secondary N) is 1. The average Bonchev–Trinajstić information content (AvgIpc) is 3.08. The molecular weight excluding hydrogens is 184 g/mol. The van der Waals surface area contributed by atoms with Crippen molar-refractivity contribution in [3.8, 4) is 6.07 Å². The third-order valence-corrected chi connectivity index (χ3v) is 4.15. The molecule has 0 amide bonds. The predicted molar refractivity (Wildman–Crippen MR) is 61.3 cm³/mol. The second-order valence-corrected chi connectivity index (χ2v) is 5.69. The van der Waals surface area contributed by atoms with E-state index in [1.165, 1.54) is 45.1 Å². The van der Waals surface area contributed by atoms with Gasteiger partial charge in [-0.15, -0.1) is 0 Å². The Morgan fingerprint density at radius 2 is 1.73 bits per heavy atom. The van der Waals surface area contributed by atoms with E-state index >= 15 is 0 Å². The number of nitrogens with zero attached hydrogens (tertiary/aromatic N) is 1. The Morgan fingerprint density at radius 1 is 1.13 bits per heavy atom. The van der Waals surface area contributed by atoms with Gasteiger partial charge in [-0.2, -0.15) is 5.26 Å². The highest BCUT2D eigenvalue weighted by Crippen LogP contribution is 2.50. The smallest absolute Gasteiger partial charge is 0.0628 e. The van der Waals surface area contributed by atoms with E-state index < -0.39 is 0 Å². The molecule has 0 aromatic carbocycles. The lowest BCUT2D eigenvalue weighted by Crippen LogP contribution is -2.29. The summed E-state index contributed by atoms with van der Waals surface area (Å²) < 4.78 is 0. The summed E-state index contributed by atoms with van der Waals surface area (Å²) in [7, 11) is 0. The minimum atomic E-state index is 0.372. The van der Waals surface area contributed by atoms with Gasteiger partial charge >= 0.3 is 0 Å². The first-order valence-electron chi connectivity index (χ1n) is 6.32. The molecule has 0 spiro atoms. The quantitative estimate of drug-likeness (QED) is 0.695. The van der Waals surface area contributed by atoms with Crippen molar-refractivity contribution < 1.29 is 0 Å². The fraction of sp³-hybridized carbons (Fsp3) is 0.923. The summed E-state index contributed by atoms with van der Waals surface area (Å²) in [4.78, 5) is 0. The number of nitriles is 1. The molecule has 1 N–H and O–H groups in total. The van der Waals surface area contributed by atoms with Crippen molar-refractivity contribution in [3.63, 3.8) is 0 Å². The van der Waals surface area contributed by atoms with E-state index in [0.29, 0.717) is 10.8 Å². The van der Waals surface area contributed by atoms with Gasteiger partial charge in [0.1, 0.15) is 0 Å². The van der Waals surface area contributed by atoms with Crippen LogP contribution in [0, 0.1) is 22.2 Å². The van der Waals surface area contributed by atoms with Gasteiger partial charge in [-0.25, -0.2) is 0 Å². The van der Waals surface area contributed by atoms with Gasteiger partial charge in [-0.1, -0.05) is 13.3 Å². The first-order valence-corrected chi connectivity index (χ1v) is 6.32. The van der Waals surface area contributed by atoms with E-state index in [4.69, 9.17) is 5.26 Å². The molecule has 2 heteroatoms. The van der Waals surface area contributed by atoms with Crippen LogP contribution in [-0.4, -0.2) is 13.1 Å². The Hall–Kier alpha value is -0.550. The van der Waals surface area contributed by atoms with Crippen LogP contribution in [0.3, 0.4) is 0 Å². The molecule has 0 radical (unpaired) electrons. The zero-order valence-corrected chi connectivity index (χ0v) is 9.81. The molecule has 0 aliphatic heterocycles. The van der Waals surface area contributed by atoms with Crippen molar-refractivity contribution in [3.05, 3.63) is 0 Å². The van der Waals surface area contributed by atoms with E-state index in [1.54, 1.807) is 0 Å². The molecule has 0 heterocycles. The Bertz CT molecular complexity index is 256. The van der Waals surface area contributed by atoms with Crippen molar-refractivity contribution in [2.45, 2.75) is 51.9 Å². The molecule has 84 valence electrons. The Kier molecular flexibility index (Phi) is 3.02. The fourth-order valence-electron chi connectivity index (χ4n) is 2.58. The van der Waals surface area contributed by atoms with E-state index in [0.717, 1.165) is 13.0 Å². The van der Waals surface area contributed by atoms with Crippen molar-refractivity contribution in [1.82, 2.24) is 5.32 Å². The first kappa shape index (κ1) is 11.0. The summed E-state index contributed by atoms with van der Waals surface area (Å²) in [6, 6.07) is 2.32. The largest absolute Gasteiger partial charge is 0.316 e. The Balaban J connectivity index is 1.65. The van der Waals surface area contributed by atoms with Gasteiger partial charge in [0.25, 0.3) is 0 Å². The van der Waals surface area contributed by atoms with E-state index in [9.17, 15) is 0 Å². The number of hydrogen-bond acceptors (Lipinski definition) is 2. The molecule has 0 bridgehead atoms. The van der Waals surface area contributed by atoms with Crippen LogP contribution in [0.1, 0.15) is 51.9 Å². The van der Waals surface area contributed by atoms with Crippen LogP contribution in [0.4, 0.5) is 0 Å². The second-order valence-electron chi connectivity index (χ2n) is 5.69. The molecule has 2 fully saturated rings. The number of rotatable bonds is 7. The average molecular weight is 206 g/mol. The molecule has 2 saturated carbocycles. The van der Waals surface area contributed by atoms with Gasteiger partial charge < -0.3 is 5.32 Å². The van der Waals surface area contributed by atoms with Gasteiger partial charge in [0.15, 0.2) is 0 Å². The van der Waals surface area contributed by atoms with Gasteiger partial charge in [0.05, 0.1) is 6.07 Å². The second kappa shape index (κ2) is 4.14. The lowest BCUT2D eigenvalue weighted by Gasteiger charge is -2.18. The maximum absolute atomic E-state index is 8.72. The maximum atomic E-state index is 8.72. The minimum Gasteiger partial charge on any atom is -0.316 e. The van der Waals surface area contributed by atoms with E-state index in [-0.39, 0.29) is 0 Å². The van der Waals surface area contributed by atoms with Crippen molar-refractivity contribution >= 4 is 0 Å². The normalized spacial score (nSPS) is 24.5. The summed E-state index contributed by atoms with van der Waals surface area (Å²) in [5.41, 5.74) is 1.02. The van der Waals surface area contributed by atoms with Crippen LogP contribution in [0.5, 0.6) is 0 Å². The zero-order chi connectivity index (χ0) is 10.8. The minimum absolute atomic E-state index is 0.372.